The molecule has 0 spiro atoms. The summed E-state index contributed by atoms with van der Waals surface area (Å²) < 4.78 is 21.7. The molecule has 2 aromatic carbocycles. The largest absolute Gasteiger partial charge is 0.496 e. The number of carbonyl (C=O) groups is 2. The molecular weight excluding hydrogens is 366 g/mol. The minimum atomic E-state index is -1.00. The molecule has 144 valence electrons. The number of hydrogen-bond donors (Lipinski definition) is 1. The lowest BCUT2D eigenvalue weighted by Gasteiger charge is -2.17. The zero-order valence-electron chi connectivity index (χ0n) is 15.6. The topological polar surface area (TPSA) is 81.7 Å². The molecule has 6 nitrogen and oxygen atoms in total. The lowest BCUT2D eigenvalue weighted by molar-refractivity contribution is -0.124. The number of methoxy groups -OCH3 is 1. The van der Waals surface area contributed by atoms with Crippen molar-refractivity contribution in [3.8, 4) is 5.75 Å². The first-order valence-electron chi connectivity index (χ1n) is 8.39. The molecule has 0 saturated heterocycles. The van der Waals surface area contributed by atoms with E-state index < -0.39 is 22.7 Å². The van der Waals surface area contributed by atoms with E-state index in [1.807, 2.05) is 31.2 Å². The van der Waals surface area contributed by atoms with E-state index in [9.17, 15) is 13.8 Å². The molecule has 2 aromatic rings. The summed E-state index contributed by atoms with van der Waals surface area (Å²) in [5.41, 5.74) is 1.93. The number of esters is 1. The standard InChI is InChI=1S/C20H23NO5S/c1-14(17-9-4-5-10-18(17)25-2)21-19(22)12-26-20(23)16-8-6-7-15(11-16)13-27(3)24/h4-11,14H,12-13H2,1-3H3,(H,21,22). The van der Waals surface area contributed by atoms with E-state index >= 15 is 0 Å². The lowest BCUT2D eigenvalue weighted by Crippen LogP contribution is -2.31. The molecule has 0 aliphatic carbocycles. The van der Waals surface area contributed by atoms with Crippen molar-refractivity contribution in [2.45, 2.75) is 18.7 Å². The van der Waals surface area contributed by atoms with Gasteiger partial charge in [-0.3, -0.25) is 9.00 Å². The molecule has 0 fully saturated rings. The monoisotopic (exact) mass is 389 g/mol. The maximum absolute atomic E-state index is 12.1. The highest BCUT2D eigenvalue weighted by Crippen LogP contribution is 2.24. The third-order valence-corrected chi connectivity index (χ3v) is 4.59. The van der Waals surface area contributed by atoms with Crippen LogP contribution in [-0.4, -0.2) is 36.1 Å². The van der Waals surface area contributed by atoms with Gasteiger partial charge >= 0.3 is 5.97 Å². The highest BCUT2D eigenvalue weighted by atomic mass is 32.2. The van der Waals surface area contributed by atoms with E-state index in [0.717, 1.165) is 11.1 Å². The van der Waals surface area contributed by atoms with Crippen LogP contribution in [0.1, 0.15) is 34.5 Å². The van der Waals surface area contributed by atoms with Crippen molar-refractivity contribution >= 4 is 22.7 Å². The van der Waals surface area contributed by atoms with Gasteiger partial charge in [-0.2, -0.15) is 0 Å². The van der Waals surface area contributed by atoms with Crippen LogP contribution in [0.3, 0.4) is 0 Å². The second-order valence-corrected chi connectivity index (χ2v) is 7.46. The second-order valence-electron chi connectivity index (χ2n) is 6.03. The fourth-order valence-corrected chi connectivity index (χ4v) is 3.27. The van der Waals surface area contributed by atoms with Gasteiger partial charge in [-0.1, -0.05) is 30.3 Å². The summed E-state index contributed by atoms with van der Waals surface area (Å²) in [7, 11) is 0.563. The zero-order valence-corrected chi connectivity index (χ0v) is 16.4. The van der Waals surface area contributed by atoms with Gasteiger partial charge in [-0.25, -0.2) is 4.79 Å². The molecule has 2 atom stereocenters. The van der Waals surface area contributed by atoms with Gasteiger partial charge in [0.05, 0.1) is 18.7 Å². The van der Waals surface area contributed by atoms with Gasteiger partial charge in [-0.15, -0.1) is 0 Å². The average Bonchev–Trinajstić information content (AvgIpc) is 2.65. The van der Waals surface area contributed by atoms with E-state index in [0.29, 0.717) is 17.1 Å². The molecule has 2 unspecified atom stereocenters. The molecule has 0 aromatic heterocycles. The molecular formula is C20H23NO5S. The molecule has 0 saturated carbocycles. The molecule has 0 radical (unpaired) electrons. The predicted molar refractivity (Wildman–Crippen MR) is 104 cm³/mol. The fraction of sp³-hybridized carbons (Fsp3) is 0.300. The van der Waals surface area contributed by atoms with E-state index in [1.54, 1.807) is 37.6 Å². The normalized spacial score (nSPS) is 12.7. The van der Waals surface area contributed by atoms with Crippen LogP contribution in [-0.2, 0) is 26.1 Å². The van der Waals surface area contributed by atoms with Gasteiger partial charge in [0.25, 0.3) is 5.91 Å². The Labute approximate surface area is 161 Å². The summed E-state index contributed by atoms with van der Waals surface area (Å²) in [5.74, 6) is 0.0247. The zero-order chi connectivity index (χ0) is 19.8. The van der Waals surface area contributed by atoms with Crippen molar-refractivity contribution < 1.29 is 23.3 Å². The number of nitrogens with one attached hydrogen (secondary N) is 1. The van der Waals surface area contributed by atoms with Crippen LogP contribution < -0.4 is 10.1 Å². The van der Waals surface area contributed by atoms with Crippen molar-refractivity contribution in [3.63, 3.8) is 0 Å². The van der Waals surface area contributed by atoms with Crippen LogP contribution in [0.5, 0.6) is 5.75 Å². The van der Waals surface area contributed by atoms with Gasteiger partial charge in [0, 0.05) is 28.4 Å². The SMILES string of the molecule is COc1ccccc1C(C)NC(=O)COC(=O)c1cccc(CS(C)=O)c1. The van der Waals surface area contributed by atoms with Gasteiger partial charge < -0.3 is 14.8 Å². The number of rotatable bonds is 8. The fourth-order valence-electron chi connectivity index (χ4n) is 2.62. The van der Waals surface area contributed by atoms with E-state index in [-0.39, 0.29) is 12.6 Å². The summed E-state index contributed by atoms with van der Waals surface area (Å²) in [6.45, 7) is 1.44. The Kier molecular flexibility index (Phi) is 7.55. The molecule has 7 heteroatoms. The number of carbonyl (C=O) groups excluding carboxylic acids is 2. The Morgan fingerprint density at radius 3 is 2.59 bits per heavy atom. The first-order valence-corrected chi connectivity index (χ1v) is 10.1. The molecule has 2 rings (SSSR count). The summed E-state index contributed by atoms with van der Waals surface area (Å²) in [5, 5.41) is 2.78. The quantitative estimate of drug-likeness (QED) is 0.702. The summed E-state index contributed by atoms with van der Waals surface area (Å²) in [4.78, 5) is 24.3. The van der Waals surface area contributed by atoms with Crippen molar-refractivity contribution in [1.29, 1.82) is 0 Å². The van der Waals surface area contributed by atoms with Crippen molar-refractivity contribution in [2.24, 2.45) is 0 Å². The second kappa shape index (κ2) is 9.87. The van der Waals surface area contributed by atoms with Gasteiger partial charge in [-0.05, 0) is 30.7 Å². The Hall–Kier alpha value is -2.67. The van der Waals surface area contributed by atoms with Crippen LogP contribution in [0.4, 0.5) is 0 Å². The van der Waals surface area contributed by atoms with Gasteiger partial charge in [0.15, 0.2) is 6.61 Å². The van der Waals surface area contributed by atoms with Crippen molar-refractivity contribution in [1.82, 2.24) is 5.32 Å². The Bertz CT molecular complexity index is 837. The molecule has 0 aliphatic heterocycles. The Morgan fingerprint density at radius 2 is 1.89 bits per heavy atom. The Morgan fingerprint density at radius 1 is 1.15 bits per heavy atom. The van der Waals surface area contributed by atoms with Crippen LogP contribution >= 0.6 is 0 Å². The summed E-state index contributed by atoms with van der Waals surface area (Å²) in [6, 6.07) is 13.8. The lowest BCUT2D eigenvalue weighted by atomic mass is 10.1. The van der Waals surface area contributed by atoms with E-state index in [2.05, 4.69) is 5.32 Å². The molecule has 27 heavy (non-hydrogen) atoms. The highest BCUT2D eigenvalue weighted by Gasteiger charge is 2.16. The summed E-state index contributed by atoms with van der Waals surface area (Å²) >= 11 is 0. The number of hydrogen-bond acceptors (Lipinski definition) is 5. The predicted octanol–water partition coefficient (Wildman–Crippen LogP) is 2.61. The highest BCUT2D eigenvalue weighted by molar-refractivity contribution is 7.83. The number of amides is 1. The number of para-hydroxylation sites is 1. The van der Waals surface area contributed by atoms with Crippen LogP contribution in [0.2, 0.25) is 0 Å². The minimum absolute atomic E-state index is 0.296. The smallest absolute Gasteiger partial charge is 0.338 e. The maximum Gasteiger partial charge on any atom is 0.338 e. The third kappa shape index (κ3) is 6.21. The van der Waals surface area contributed by atoms with Gasteiger partial charge in [0.2, 0.25) is 0 Å². The molecule has 0 heterocycles. The third-order valence-electron chi connectivity index (χ3n) is 3.85. The van der Waals surface area contributed by atoms with Crippen molar-refractivity contribution in [3.05, 3.63) is 65.2 Å². The number of benzene rings is 2. The average molecular weight is 389 g/mol. The van der Waals surface area contributed by atoms with E-state index in [4.69, 9.17) is 9.47 Å². The van der Waals surface area contributed by atoms with Crippen molar-refractivity contribution in [2.75, 3.05) is 20.0 Å². The molecule has 1 N–H and O–H groups in total. The van der Waals surface area contributed by atoms with Gasteiger partial charge in [0.1, 0.15) is 5.75 Å². The summed E-state index contributed by atoms with van der Waals surface area (Å²) in [6.07, 6.45) is 1.60. The number of ether oxygens (including phenoxy) is 2. The van der Waals surface area contributed by atoms with E-state index in [1.165, 1.54) is 0 Å². The molecule has 1 amide bonds. The van der Waals surface area contributed by atoms with Crippen LogP contribution in [0.25, 0.3) is 0 Å². The molecule has 0 bridgehead atoms. The maximum atomic E-state index is 12.1. The first-order chi connectivity index (χ1) is 12.9. The first kappa shape index (κ1) is 20.6. The minimum Gasteiger partial charge on any atom is -0.496 e. The Balaban J connectivity index is 1.91. The van der Waals surface area contributed by atoms with Crippen LogP contribution in [0, 0.1) is 0 Å². The van der Waals surface area contributed by atoms with Crippen LogP contribution in [0.15, 0.2) is 48.5 Å². The molecule has 0 aliphatic rings.